The molecule has 2 heteroatoms. The van der Waals surface area contributed by atoms with Crippen molar-refractivity contribution in [3.8, 4) is 0 Å². The zero-order valence-corrected chi connectivity index (χ0v) is 13.7. The molecule has 0 atom stereocenters. The zero-order chi connectivity index (χ0) is 16.8. The van der Waals surface area contributed by atoms with Crippen molar-refractivity contribution in [2.75, 3.05) is 0 Å². The largest absolute Gasteiger partial charge is 0.399 e. The first kappa shape index (κ1) is 17.0. The Morgan fingerprint density at radius 3 is 2.43 bits per heavy atom. The second-order valence-corrected chi connectivity index (χ2v) is 5.88. The summed E-state index contributed by atoms with van der Waals surface area (Å²) in [6.07, 6.45) is 8.67. The minimum absolute atomic E-state index is 0.207. The molecule has 0 amide bonds. The Morgan fingerprint density at radius 1 is 1.17 bits per heavy atom. The summed E-state index contributed by atoms with van der Waals surface area (Å²) in [7, 11) is 0. The summed E-state index contributed by atoms with van der Waals surface area (Å²) in [6, 6.07) is 8.43. The maximum Gasteiger partial charge on any atom is 0.127 e. The van der Waals surface area contributed by atoms with Crippen molar-refractivity contribution < 1.29 is 4.39 Å². The predicted molar refractivity (Wildman–Crippen MR) is 97.4 cm³/mol. The predicted octanol–water partition coefficient (Wildman–Crippen LogP) is 5.62. The van der Waals surface area contributed by atoms with Crippen LogP contribution in [0.3, 0.4) is 0 Å². The van der Waals surface area contributed by atoms with E-state index in [2.05, 4.69) is 44.3 Å². The van der Waals surface area contributed by atoms with Gasteiger partial charge < -0.3 is 5.73 Å². The van der Waals surface area contributed by atoms with Gasteiger partial charge in [0.05, 0.1) is 0 Å². The number of aryl methyl sites for hydroxylation is 1. The number of hydrogen-bond acceptors (Lipinski definition) is 1. The highest BCUT2D eigenvalue weighted by Gasteiger charge is 2.16. The van der Waals surface area contributed by atoms with Crippen LogP contribution in [-0.4, -0.2) is 0 Å². The van der Waals surface area contributed by atoms with Gasteiger partial charge in [0.25, 0.3) is 0 Å². The van der Waals surface area contributed by atoms with Gasteiger partial charge in [-0.1, -0.05) is 56.8 Å². The molecule has 1 aliphatic carbocycles. The molecular formula is C21H24FN. The van der Waals surface area contributed by atoms with E-state index >= 15 is 0 Å². The fraction of sp³-hybridized carbons (Fsp3) is 0.238. The smallest absolute Gasteiger partial charge is 0.127 e. The molecule has 1 nitrogen and oxygen atoms in total. The van der Waals surface area contributed by atoms with E-state index in [0.29, 0.717) is 23.3 Å². The summed E-state index contributed by atoms with van der Waals surface area (Å²) in [5.41, 5.74) is 10.7. The lowest BCUT2D eigenvalue weighted by Crippen LogP contribution is -1.99. The highest BCUT2D eigenvalue weighted by Crippen LogP contribution is 2.34. The molecule has 0 aliphatic heterocycles. The van der Waals surface area contributed by atoms with Gasteiger partial charge in [0.1, 0.15) is 5.83 Å². The lowest BCUT2D eigenvalue weighted by molar-refractivity contribution is 0.643. The summed E-state index contributed by atoms with van der Waals surface area (Å²) >= 11 is 0. The Kier molecular flexibility index (Phi) is 5.75. The molecule has 2 N–H and O–H groups in total. The normalized spacial score (nSPS) is 15.0. The van der Waals surface area contributed by atoms with Crippen molar-refractivity contribution in [1.82, 2.24) is 0 Å². The molecule has 2 rings (SSSR count). The summed E-state index contributed by atoms with van der Waals surface area (Å²) in [4.78, 5) is 0. The zero-order valence-electron chi connectivity index (χ0n) is 13.7. The topological polar surface area (TPSA) is 26.0 Å². The van der Waals surface area contributed by atoms with Gasteiger partial charge in [0.15, 0.2) is 0 Å². The average Bonchev–Trinajstić information content (AvgIpc) is 2.53. The van der Waals surface area contributed by atoms with Crippen molar-refractivity contribution in [3.05, 3.63) is 89.4 Å². The Hall–Kier alpha value is -2.35. The minimum Gasteiger partial charge on any atom is -0.399 e. The fourth-order valence-electron chi connectivity index (χ4n) is 2.72. The first-order valence-corrected chi connectivity index (χ1v) is 8.01. The summed E-state index contributed by atoms with van der Waals surface area (Å²) in [5, 5.41) is 0. The van der Waals surface area contributed by atoms with Crippen LogP contribution in [0.2, 0.25) is 0 Å². The molecule has 0 aromatic heterocycles. The molecule has 1 aliphatic rings. The molecule has 120 valence electrons. The molecule has 0 saturated heterocycles. The lowest BCUT2D eigenvalue weighted by Gasteiger charge is -2.17. The Morgan fingerprint density at radius 2 is 1.87 bits per heavy atom. The lowest BCUT2D eigenvalue weighted by atomic mass is 9.89. The first-order chi connectivity index (χ1) is 11.0. The maximum absolute atomic E-state index is 14.4. The van der Waals surface area contributed by atoms with Crippen LogP contribution in [0.4, 0.5) is 4.39 Å². The van der Waals surface area contributed by atoms with E-state index in [-0.39, 0.29) is 5.83 Å². The Labute approximate surface area is 138 Å². The quantitative estimate of drug-likeness (QED) is 0.678. The van der Waals surface area contributed by atoms with E-state index in [1.807, 2.05) is 0 Å². The minimum atomic E-state index is -0.207. The number of benzene rings is 1. The van der Waals surface area contributed by atoms with Crippen molar-refractivity contribution in [2.24, 2.45) is 5.73 Å². The standard InChI is InChI=1S/C21H24FN/c1-4-5-17-8-10-18(11-9-17)19-12-13-20(21(22)14-19)15(2)6-7-16(3)23/h6-11,14H,2-5,12-13,23H2,1H3/b7-6-. The maximum atomic E-state index is 14.4. The molecule has 0 radical (unpaired) electrons. The molecule has 1 aromatic rings. The van der Waals surface area contributed by atoms with Gasteiger partial charge in [-0.15, -0.1) is 0 Å². The van der Waals surface area contributed by atoms with Gasteiger partial charge in [-0.05, 0) is 59.3 Å². The monoisotopic (exact) mass is 309 g/mol. The third kappa shape index (κ3) is 4.56. The number of nitrogens with two attached hydrogens (primary N) is 1. The van der Waals surface area contributed by atoms with E-state index in [4.69, 9.17) is 5.73 Å². The van der Waals surface area contributed by atoms with Crippen molar-refractivity contribution in [3.63, 3.8) is 0 Å². The molecule has 0 spiro atoms. The second-order valence-electron chi connectivity index (χ2n) is 5.88. The van der Waals surface area contributed by atoms with Crippen LogP contribution in [0.5, 0.6) is 0 Å². The highest BCUT2D eigenvalue weighted by atomic mass is 19.1. The Balaban J connectivity index is 2.19. The second kappa shape index (κ2) is 7.77. The van der Waals surface area contributed by atoms with E-state index in [1.165, 1.54) is 5.56 Å². The third-order valence-corrected chi connectivity index (χ3v) is 3.98. The average molecular weight is 309 g/mol. The molecular weight excluding hydrogens is 285 g/mol. The van der Waals surface area contributed by atoms with Crippen molar-refractivity contribution in [1.29, 1.82) is 0 Å². The first-order valence-electron chi connectivity index (χ1n) is 8.01. The van der Waals surface area contributed by atoms with Crippen LogP contribution in [0.25, 0.3) is 5.57 Å². The number of rotatable bonds is 6. The van der Waals surface area contributed by atoms with Crippen LogP contribution < -0.4 is 5.73 Å². The van der Waals surface area contributed by atoms with Crippen LogP contribution in [0.15, 0.2) is 78.3 Å². The van der Waals surface area contributed by atoms with Gasteiger partial charge in [0.2, 0.25) is 0 Å². The molecule has 1 aromatic carbocycles. The molecule has 0 bridgehead atoms. The van der Waals surface area contributed by atoms with Gasteiger partial charge in [-0.2, -0.15) is 0 Å². The summed E-state index contributed by atoms with van der Waals surface area (Å²) in [6.45, 7) is 9.68. The van der Waals surface area contributed by atoms with Crippen molar-refractivity contribution in [2.45, 2.75) is 32.6 Å². The number of hydrogen-bond donors (Lipinski definition) is 1. The van der Waals surface area contributed by atoms with Gasteiger partial charge in [-0.25, -0.2) is 4.39 Å². The summed E-state index contributed by atoms with van der Waals surface area (Å²) in [5.74, 6) is -0.207. The van der Waals surface area contributed by atoms with E-state index in [9.17, 15) is 4.39 Å². The molecule has 23 heavy (non-hydrogen) atoms. The van der Waals surface area contributed by atoms with E-state index in [1.54, 1.807) is 18.2 Å². The van der Waals surface area contributed by atoms with Gasteiger partial charge in [-0.3, -0.25) is 0 Å². The van der Waals surface area contributed by atoms with Crippen LogP contribution >= 0.6 is 0 Å². The van der Waals surface area contributed by atoms with Crippen LogP contribution in [-0.2, 0) is 6.42 Å². The molecule has 0 heterocycles. The van der Waals surface area contributed by atoms with Gasteiger partial charge >= 0.3 is 0 Å². The van der Waals surface area contributed by atoms with Crippen LogP contribution in [0, 0.1) is 0 Å². The fourth-order valence-corrected chi connectivity index (χ4v) is 2.72. The summed E-state index contributed by atoms with van der Waals surface area (Å²) < 4.78 is 14.4. The number of allylic oxidation sites excluding steroid dienone is 7. The highest BCUT2D eigenvalue weighted by molar-refractivity contribution is 5.71. The SMILES string of the molecule is C=C(N)/C=C\C(=C)C1=C(F)C=C(c2ccc(CCC)cc2)CC1. The van der Waals surface area contributed by atoms with Gasteiger partial charge in [0, 0.05) is 5.70 Å². The molecule has 0 fully saturated rings. The van der Waals surface area contributed by atoms with Crippen LogP contribution in [0.1, 0.15) is 37.3 Å². The van der Waals surface area contributed by atoms with Crippen molar-refractivity contribution >= 4 is 5.57 Å². The molecule has 0 saturated carbocycles. The number of halogens is 1. The molecule has 0 unspecified atom stereocenters. The Bertz CT molecular complexity index is 687. The third-order valence-electron chi connectivity index (χ3n) is 3.98. The van der Waals surface area contributed by atoms with E-state index in [0.717, 1.165) is 30.4 Å². The van der Waals surface area contributed by atoms with E-state index < -0.39 is 0 Å².